The third-order valence-corrected chi connectivity index (χ3v) is 5.42. The first-order valence-electron chi connectivity index (χ1n) is 10.8. The number of ether oxygens (including phenoxy) is 1. The van der Waals surface area contributed by atoms with Gasteiger partial charge in [-0.3, -0.25) is 4.79 Å². The van der Waals surface area contributed by atoms with Crippen molar-refractivity contribution in [2.24, 2.45) is 0 Å². The molecule has 0 saturated carbocycles. The van der Waals surface area contributed by atoms with Gasteiger partial charge in [0, 0.05) is 36.2 Å². The van der Waals surface area contributed by atoms with Crippen LogP contribution < -0.4 is 26.0 Å². The van der Waals surface area contributed by atoms with Gasteiger partial charge in [-0.05, 0) is 48.4 Å². The summed E-state index contributed by atoms with van der Waals surface area (Å²) in [6.07, 6.45) is 3.32. The Hall–Kier alpha value is -5.04. The summed E-state index contributed by atoms with van der Waals surface area (Å²) in [6.45, 7) is -0.0219. The molecule has 0 bridgehead atoms. The number of fused-ring (bicyclic) bond motifs is 2. The predicted molar refractivity (Wildman–Crippen MR) is 131 cm³/mol. The highest BCUT2D eigenvalue weighted by Gasteiger charge is 2.30. The molecule has 4 N–H and O–H groups in total. The summed E-state index contributed by atoms with van der Waals surface area (Å²) >= 11 is 0. The van der Waals surface area contributed by atoms with Gasteiger partial charge in [0.05, 0.1) is 11.9 Å². The maximum Gasteiger partial charge on any atom is 0.320 e. The maximum absolute atomic E-state index is 12.9. The van der Waals surface area contributed by atoms with Crippen molar-refractivity contribution in [1.29, 1.82) is 0 Å². The summed E-state index contributed by atoms with van der Waals surface area (Å²) in [5, 5.41) is 9.66. The molecule has 174 valence electrons. The Bertz CT molecular complexity index is 1500. The number of anilines is 3. The predicted octanol–water partition coefficient (Wildman–Crippen LogP) is 2.26. The first kappa shape index (κ1) is 21.8. The van der Waals surface area contributed by atoms with Crippen LogP contribution in [0.4, 0.5) is 21.9 Å². The van der Waals surface area contributed by atoms with Gasteiger partial charge in [-0.2, -0.15) is 5.10 Å². The molecule has 5 rings (SSSR count). The number of nitrogens with one attached hydrogen (secondary N) is 2. The Balaban J connectivity index is 1.26. The number of urea groups is 1. The number of carbonyl (C=O) groups excluding carboxylic acids is 2. The molecule has 0 unspecified atom stereocenters. The number of hydrogen-bond donors (Lipinski definition) is 3. The van der Waals surface area contributed by atoms with Gasteiger partial charge in [-0.1, -0.05) is 12.0 Å². The number of benzene rings is 2. The minimum Gasteiger partial charge on any atom is -0.489 e. The third-order valence-electron chi connectivity index (χ3n) is 5.42. The topological polar surface area (TPSA) is 127 Å². The van der Waals surface area contributed by atoms with Gasteiger partial charge in [-0.25, -0.2) is 14.3 Å². The van der Waals surface area contributed by atoms with E-state index in [-0.39, 0.29) is 12.5 Å². The smallest absolute Gasteiger partial charge is 0.320 e. The van der Waals surface area contributed by atoms with Gasteiger partial charge in [0.15, 0.2) is 5.65 Å². The van der Waals surface area contributed by atoms with E-state index in [1.54, 1.807) is 66.4 Å². The molecule has 0 radical (unpaired) electrons. The first-order chi connectivity index (χ1) is 17.0. The van der Waals surface area contributed by atoms with Crippen LogP contribution in [0.25, 0.3) is 5.65 Å². The van der Waals surface area contributed by atoms with Gasteiger partial charge in [0.25, 0.3) is 5.91 Å². The second-order valence-corrected chi connectivity index (χ2v) is 7.85. The minimum absolute atomic E-state index is 0.0219. The molecule has 2 aromatic carbocycles. The highest BCUT2D eigenvalue weighted by Crippen LogP contribution is 2.32. The highest BCUT2D eigenvalue weighted by molar-refractivity contribution is 6.02. The van der Waals surface area contributed by atoms with Gasteiger partial charge in [-0.15, -0.1) is 0 Å². The van der Waals surface area contributed by atoms with Crippen LogP contribution in [-0.2, 0) is 4.79 Å². The quantitative estimate of drug-likeness (QED) is 0.307. The zero-order valence-electron chi connectivity index (χ0n) is 18.7. The van der Waals surface area contributed by atoms with Gasteiger partial charge < -0.3 is 26.0 Å². The summed E-state index contributed by atoms with van der Waals surface area (Å²) in [7, 11) is 1.63. The fourth-order valence-corrected chi connectivity index (χ4v) is 3.67. The van der Waals surface area contributed by atoms with E-state index >= 15 is 0 Å². The summed E-state index contributed by atoms with van der Waals surface area (Å²) in [5.74, 6) is 6.28. The van der Waals surface area contributed by atoms with Crippen LogP contribution in [0.5, 0.6) is 5.75 Å². The fraction of sp³-hybridized carbons (Fsp3) is 0.120. The number of hydrogen-bond acceptors (Lipinski definition) is 6. The Morgan fingerprint density at radius 2 is 2.06 bits per heavy atom. The van der Waals surface area contributed by atoms with Crippen LogP contribution in [0, 0.1) is 11.8 Å². The molecule has 0 aliphatic carbocycles. The lowest BCUT2D eigenvalue weighted by Crippen LogP contribution is -2.50. The SMILES string of the molecule is CN1C(=O)[C@H](NC(=O)Nc2cccc(C#Cc3cnc4cccnn34)c2)COc2cc(N)ccc21. The number of aromatic nitrogens is 3. The van der Waals surface area contributed by atoms with Crippen molar-refractivity contribution >= 4 is 34.6 Å². The average Bonchev–Trinajstić information content (AvgIpc) is 3.23. The first-order valence-corrected chi connectivity index (χ1v) is 10.8. The maximum atomic E-state index is 12.9. The Morgan fingerprint density at radius 1 is 1.17 bits per heavy atom. The van der Waals surface area contributed by atoms with Crippen LogP contribution >= 0.6 is 0 Å². The molecular weight excluding hydrogens is 446 g/mol. The van der Waals surface area contributed by atoms with Crippen LogP contribution in [0.1, 0.15) is 11.3 Å². The van der Waals surface area contributed by atoms with Crippen molar-refractivity contribution in [3.8, 4) is 17.6 Å². The van der Waals surface area contributed by atoms with Crippen LogP contribution in [0.2, 0.25) is 0 Å². The molecule has 1 aliphatic heterocycles. The molecule has 1 aliphatic rings. The van der Waals surface area contributed by atoms with Gasteiger partial charge in [0.1, 0.15) is 24.1 Å². The molecule has 1 atom stereocenters. The van der Waals surface area contributed by atoms with E-state index in [1.807, 2.05) is 12.1 Å². The van der Waals surface area contributed by atoms with Crippen molar-refractivity contribution in [1.82, 2.24) is 19.9 Å². The molecule has 0 spiro atoms. The van der Waals surface area contributed by atoms with Crippen molar-refractivity contribution in [2.75, 3.05) is 29.6 Å². The minimum atomic E-state index is -0.876. The average molecular weight is 467 g/mol. The van der Waals surface area contributed by atoms with E-state index in [2.05, 4.69) is 32.6 Å². The third kappa shape index (κ3) is 4.56. The van der Waals surface area contributed by atoms with Crippen LogP contribution in [0.3, 0.4) is 0 Å². The largest absolute Gasteiger partial charge is 0.489 e. The van der Waals surface area contributed by atoms with E-state index in [0.29, 0.717) is 39.7 Å². The van der Waals surface area contributed by atoms with Gasteiger partial charge >= 0.3 is 6.03 Å². The molecule has 3 heterocycles. The Morgan fingerprint density at radius 3 is 2.94 bits per heavy atom. The van der Waals surface area contributed by atoms with Crippen molar-refractivity contribution < 1.29 is 14.3 Å². The summed E-state index contributed by atoms with van der Waals surface area (Å²) in [4.78, 5) is 31.2. The highest BCUT2D eigenvalue weighted by atomic mass is 16.5. The monoisotopic (exact) mass is 467 g/mol. The number of nitrogens with zero attached hydrogens (tertiary/aromatic N) is 4. The van der Waals surface area contributed by atoms with E-state index in [4.69, 9.17) is 10.5 Å². The molecule has 4 aromatic rings. The zero-order chi connectivity index (χ0) is 24.4. The molecule has 0 fully saturated rings. The van der Waals surface area contributed by atoms with Crippen molar-refractivity contribution in [3.63, 3.8) is 0 Å². The summed E-state index contributed by atoms with van der Waals surface area (Å²) in [5.41, 5.74) is 9.50. The molecular formula is C25H21N7O3. The van der Waals surface area contributed by atoms with E-state index < -0.39 is 12.1 Å². The Labute approximate surface area is 200 Å². The van der Waals surface area contributed by atoms with Crippen molar-refractivity contribution in [2.45, 2.75) is 6.04 Å². The number of rotatable bonds is 2. The van der Waals surface area contributed by atoms with Crippen molar-refractivity contribution in [3.05, 3.63) is 78.2 Å². The summed E-state index contributed by atoms with van der Waals surface area (Å²) in [6, 6.07) is 14.4. The van der Waals surface area contributed by atoms with Crippen LogP contribution in [0.15, 0.2) is 67.0 Å². The summed E-state index contributed by atoms with van der Waals surface area (Å²) < 4.78 is 7.39. The second kappa shape index (κ2) is 9.07. The van der Waals surface area contributed by atoms with E-state index in [0.717, 1.165) is 0 Å². The lowest BCUT2D eigenvalue weighted by atomic mass is 10.2. The zero-order valence-corrected chi connectivity index (χ0v) is 18.7. The molecule has 35 heavy (non-hydrogen) atoms. The van der Waals surface area contributed by atoms with E-state index in [1.165, 1.54) is 4.90 Å². The fourth-order valence-electron chi connectivity index (χ4n) is 3.67. The number of nitrogen functional groups attached to an aromatic ring is 1. The molecule has 10 nitrogen and oxygen atoms in total. The molecule has 10 heteroatoms. The number of amides is 3. The number of carbonyl (C=O) groups is 2. The van der Waals surface area contributed by atoms with Crippen LogP contribution in [-0.4, -0.2) is 46.2 Å². The molecule has 2 aromatic heterocycles. The standard InChI is InChI=1S/C25H21N7O3/c1-31-21-10-8-17(26)13-22(21)35-15-20(24(31)33)30-25(34)29-18-5-2-4-16(12-18)7-9-19-14-27-23-6-3-11-28-32(19)23/h2-6,8,10-14,20H,15,26H2,1H3,(H2,29,30,34)/t20-/m1/s1. The lowest BCUT2D eigenvalue weighted by molar-refractivity contribution is -0.120. The van der Waals surface area contributed by atoms with Gasteiger partial charge in [0.2, 0.25) is 0 Å². The lowest BCUT2D eigenvalue weighted by Gasteiger charge is -2.20. The molecule has 0 saturated heterocycles. The molecule has 3 amide bonds. The number of imidazole rings is 1. The Kier molecular flexibility index (Phi) is 5.65. The second-order valence-electron chi connectivity index (χ2n) is 7.85. The number of likely N-dealkylation sites (N-methyl/N-ethyl adjacent to an activating group) is 1. The normalized spacial score (nSPS) is 14.8. The van der Waals surface area contributed by atoms with E-state index in [9.17, 15) is 9.59 Å². The number of nitrogens with two attached hydrogens (primary N) is 1.